The second-order valence-corrected chi connectivity index (χ2v) is 7.79. The number of H-pyrrole nitrogens is 1. The predicted octanol–water partition coefficient (Wildman–Crippen LogP) is 4.72. The summed E-state index contributed by atoms with van der Waals surface area (Å²) < 4.78 is 5.76. The Hall–Kier alpha value is -2.93. The Bertz CT molecular complexity index is 1120. The van der Waals surface area contributed by atoms with Crippen LogP contribution in [0.3, 0.4) is 0 Å². The van der Waals surface area contributed by atoms with Crippen LogP contribution in [0.15, 0.2) is 40.9 Å². The molecule has 130 valence electrons. The number of thiophene rings is 1. The highest BCUT2D eigenvalue weighted by molar-refractivity contribution is 7.15. The highest BCUT2D eigenvalue weighted by atomic mass is 32.1. The fourth-order valence-electron chi connectivity index (χ4n) is 2.92. The van der Waals surface area contributed by atoms with Crippen LogP contribution >= 0.6 is 11.3 Å². The molecule has 7 heteroatoms. The molecule has 1 saturated carbocycles. The summed E-state index contributed by atoms with van der Waals surface area (Å²) in [5.41, 5.74) is 2.33. The number of aromatic amines is 1. The van der Waals surface area contributed by atoms with Gasteiger partial charge in [0.2, 0.25) is 5.89 Å². The summed E-state index contributed by atoms with van der Waals surface area (Å²) in [5, 5.41) is 12.3. The molecule has 1 amide bonds. The monoisotopic (exact) mass is 364 g/mol. The zero-order valence-corrected chi connectivity index (χ0v) is 14.9. The molecule has 0 saturated heterocycles. The lowest BCUT2D eigenvalue weighted by atomic mass is 10.1. The van der Waals surface area contributed by atoms with Crippen LogP contribution in [0.25, 0.3) is 21.7 Å². The molecule has 0 atom stereocenters. The molecule has 1 aliphatic rings. The Labute approximate surface area is 153 Å². The summed E-state index contributed by atoms with van der Waals surface area (Å²) in [6.07, 6.45) is 4.11. The van der Waals surface area contributed by atoms with Crippen molar-refractivity contribution in [3.05, 3.63) is 52.9 Å². The van der Waals surface area contributed by atoms with E-state index in [4.69, 9.17) is 4.42 Å². The summed E-state index contributed by atoms with van der Waals surface area (Å²) in [4.78, 5) is 17.6. The van der Waals surface area contributed by atoms with Crippen LogP contribution in [0, 0.1) is 6.92 Å². The lowest BCUT2D eigenvalue weighted by molar-refractivity contribution is 0.102. The van der Waals surface area contributed by atoms with E-state index in [9.17, 15) is 4.79 Å². The SMILES string of the molecule is Cc1sc(-c2nnc(C3CC3)o2)cc1NC(=O)c1ccc2cc[nH]c2c1. The van der Waals surface area contributed by atoms with E-state index >= 15 is 0 Å². The van der Waals surface area contributed by atoms with Crippen LogP contribution in [0.5, 0.6) is 0 Å². The highest BCUT2D eigenvalue weighted by Gasteiger charge is 2.29. The standard InChI is InChI=1S/C19H16N4O2S/c1-10-14(9-16(26-10)19-23-22-18(25-19)12-3-4-12)21-17(24)13-5-2-11-6-7-20-15(11)8-13/h2,5-9,12,20H,3-4H2,1H3,(H,21,24). The zero-order chi connectivity index (χ0) is 17.7. The van der Waals surface area contributed by atoms with Crippen LogP contribution in [-0.2, 0) is 0 Å². The number of amides is 1. The molecule has 1 aromatic carbocycles. The molecular weight excluding hydrogens is 348 g/mol. The number of fused-ring (bicyclic) bond motifs is 1. The summed E-state index contributed by atoms with van der Waals surface area (Å²) in [6, 6.07) is 9.49. The third-order valence-electron chi connectivity index (χ3n) is 4.56. The maximum absolute atomic E-state index is 12.6. The third kappa shape index (κ3) is 2.70. The van der Waals surface area contributed by atoms with Crippen molar-refractivity contribution in [2.75, 3.05) is 5.32 Å². The Morgan fingerprint density at radius 3 is 3.00 bits per heavy atom. The lowest BCUT2D eigenvalue weighted by Gasteiger charge is -2.04. The Balaban J connectivity index is 1.39. The first-order valence-electron chi connectivity index (χ1n) is 8.50. The number of aromatic nitrogens is 3. The smallest absolute Gasteiger partial charge is 0.257 e. The molecule has 1 fully saturated rings. The molecule has 1 aliphatic carbocycles. The number of anilines is 1. The number of nitrogens with one attached hydrogen (secondary N) is 2. The van der Waals surface area contributed by atoms with Gasteiger partial charge in [-0.25, -0.2) is 0 Å². The van der Waals surface area contributed by atoms with Gasteiger partial charge in [0.1, 0.15) is 0 Å². The summed E-state index contributed by atoms with van der Waals surface area (Å²) in [7, 11) is 0. The van der Waals surface area contributed by atoms with Gasteiger partial charge in [-0.1, -0.05) is 6.07 Å². The number of nitrogens with zero attached hydrogens (tertiary/aromatic N) is 2. The van der Waals surface area contributed by atoms with E-state index in [1.807, 2.05) is 43.5 Å². The number of carbonyl (C=O) groups is 1. The molecule has 3 heterocycles. The molecule has 0 spiro atoms. The molecular formula is C19H16N4O2S. The molecule has 6 nitrogen and oxygen atoms in total. The van der Waals surface area contributed by atoms with Gasteiger partial charge in [-0.3, -0.25) is 4.79 Å². The van der Waals surface area contributed by atoms with Crippen molar-refractivity contribution in [1.29, 1.82) is 0 Å². The van der Waals surface area contributed by atoms with Crippen molar-refractivity contribution in [1.82, 2.24) is 15.2 Å². The molecule has 26 heavy (non-hydrogen) atoms. The van der Waals surface area contributed by atoms with Crippen LogP contribution < -0.4 is 5.32 Å². The molecule has 0 unspecified atom stereocenters. The quantitative estimate of drug-likeness (QED) is 0.549. The predicted molar refractivity (Wildman–Crippen MR) is 101 cm³/mol. The maximum Gasteiger partial charge on any atom is 0.257 e. The van der Waals surface area contributed by atoms with Gasteiger partial charge in [0.15, 0.2) is 0 Å². The van der Waals surface area contributed by atoms with Crippen molar-refractivity contribution in [3.8, 4) is 10.8 Å². The van der Waals surface area contributed by atoms with Gasteiger partial charge in [0.05, 0.1) is 10.6 Å². The van der Waals surface area contributed by atoms with Gasteiger partial charge in [0, 0.05) is 28.1 Å². The number of hydrogen-bond donors (Lipinski definition) is 2. The number of hydrogen-bond acceptors (Lipinski definition) is 5. The average Bonchev–Trinajstić information content (AvgIpc) is 3.06. The van der Waals surface area contributed by atoms with Crippen LogP contribution in [0.1, 0.15) is 39.9 Å². The Kier molecular flexibility index (Phi) is 3.43. The van der Waals surface area contributed by atoms with E-state index in [2.05, 4.69) is 20.5 Å². The van der Waals surface area contributed by atoms with Gasteiger partial charge in [-0.05, 0) is 49.4 Å². The number of rotatable bonds is 4. The Morgan fingerprint density at radius 1 is 1.27 bits per heavy atom. The van der Waals surface area contributed by atoms with Crippen molar-refractivity contribution >= 4 is 33.8 Å². The Morgan fingerprint density at radius 2 is 2.15 bits per heavy atom. The molecule has 5 rings (SSSR count). The van der Waals surface area contributed by atoms with Crippen molar-refractivity contribution < 1.29 is 9.21 Å². The highest BCUT2D eigenvalue weighted by Crippen LogP contribution is 2.41. The second-order valence-electron chi connectivity index (χ2n) is 6.53. The number of benzene rings is 1. The minimum atomic E-state index is -0.141. The van der Waals surface area contributed by atoms with Gasteiger partial charge in [0.25, 0.3) is 11.8 Å². The van der Waals surface area contributed by atoms with E-state index in [0.717, 1.165) is 45.1 Å². The molecule has 0 bridgehead atoms. The normalized spacial score (nSPS) is 14.0. The fraction of sp³-hybridized carbons (Fsp3) is 0.211. The molecule has 2 N–H and O–H groups in total. The maximum atomic E-state index is 12.6. The van der Waals surface area contributed by atoms with E-state index in [0.29, 0.717) is 17.4 Å². The van der Waals surface area contributed by atoms with Crippen molar-refractivity contribution in [2.24, 2.45) is 0 Å². The van der Waals surface area contributed by atoms with Gasteiger partial charge >= 0.3 is 0 Å². The van der Waals surface area contributed by atoms with Gasteiger partial charge in [-0.2, -0.15) is 0 Å². The summed E-state index contributed by atoms with van der Waals surface area (Å²) >= 11 is 1.54. The lowest BCUT2D eigenvalue weighted by Crippen LogP contribution is -2.11. The van der Waals surface area contributed by atoms with Gasteiger partial charge < -0.3 is 14.7 Å². The van der Waals surface area contributed by atoms with E-state index < -0.39 is 0 Å². The summed E-state index contributed by atoms with van der Waals surface area (Å²) in [6.45, 7) is 1.97. The molecule has 0 aliphatic heterocycles. The van der Waals surface area contributed by atoms with E-state index in [1.165, 1.54) is 11.3 Å². The number of carbonyl (C=O) groups excluding carboxylic acids is 1. The first-order chi connectivity index (χ1) is 12.7. The van der Waals surface area contributed by atoms with Crippen LogP contribution in [0.4, 0.5) is 5.69 Å². The zero-order valence-electron chi connectivity index (χ0n) is 14.1. The summed E-state index contributed by atoms with van der Waals surface area (Å²) in [5.74, 6) is 1.53. The molecule has 3 aromatic heterocycles. The van der Waals surface area contributed by atoms with Crippen molar-refractivity contribution in [3.63, 3.8) is 0 Å². The topological polar surface area (TPSA) is 83.8 Å². The van der Waals surface area contributed by atoms with Crippen molar-refractivity contribution in [2.45, 2.75) is 25.7 Å². The molecule has 0 radical (unpaired) electrons. The first-order valence-corrected chi connectivity index (χ1v) is 9.32. The molecule has 4 aromatic rings. The van der Waals surface area contributed by atoms with Gasteiger partial charge in [-0.15, -0.1) is 21.5 Å². The number of aryl methyl sites for hydroxylation is 1. The largest absolute Gasteiger partial charge is 0.420 e. The van der Waals surface area contributed by atoms with Crippen LogP contribution in [0.2, 0.25) is 0 Å². The minimum absolute atomic E-state index is 0.141. The third-order valence-corrected chi connectivity index (χ3v) is 5.60. The van der Waals surface area contributed by atoms with E-state index in [-0.39, 0.29) is 5.91 Å². The van der Waals surface area contributed by atoms with Crippen LogP contribution in [-0.4, -0.2) is 21.1 Å². The first kappa shape index (κ1) is 15.3. The second kappa shape index (κ2) is 5.81. The fourth-order valence-corrected chi connectivity index (χ4v) is 3.82. The van der Waals surface area contributed by atoms with E-state index in [1.54, 1.807) is 0 Å². The average molecular weight is 364 g/mol. The minimum Gasteiger partial charge on any atom is -0.420 e.